The van der Waals surface area contributed by atoms with Gasteiger partial charge in [-0.1, -0.05) is 33.6 Å². The zero-order valence-corrected chi connectivity index (χ0v) is 12.9. The van der Waals surface area contributed by atoms with E-state index < -0.39 is 0 Å². The number of nitrogens with zero attached hydrogens (tertiary/aromatic N) is 1. The monoisotopic (exact) mass is 256 g/mol. The minimum Gasteiger partial charge on any atom is -0.394 e. The van der Waals surface area contributed by atoms with Crippen molar-refractivity contribution < 1.29 is 5.11 Å². The van der Waals surface area contributed by atoms with E-state index in [2.05, 4.69) is 45.1 Å². The molecule has 0 aromatic carbocycles. The second kappa shape index (κ2) is 6.36. The van der Waals surface area contributed by atoms with E-state index in [4.69, 9.17) is 0 Å². The number of nitrogens with one attached hydrogen (secondary N) is 1. The maximum atomic E-state index is 9.96. The first-order chi connectivity index (χ1) is 8.32. The van der Waals surface area contributed by atoms with Crippen molar-refractivity contribution in [2.24, 2.45) is 11.3 Å². The van der Waals surface area contributed by atoms with Crippen LogP contribution in [0, 0.1) is 11.3 Å². The van der Waals surface area contributed by atoms with E-state index in [1.54, 1.807) is 0 Å². The Morgan fingerprint density at radius 3 is 2.44 bits per heavy atom. The zero-order valence-electron chi connectivity index (χ0n) is 12.9. The molecule has 0 aromatic rings. The highest BCUT2D eigenvalue weighted by Crippen LogP contribution is 2.44. The fourth-order valence-electron chi connectivity index (χ4n) is 3.49. The summed E-state index contributed by atoms with van der Waals surface area (Å²) in [6.07, 6.45) is 4.89. The Bertz CT molecular complexity index is 247. The molecule has 3 heteroatoms. The molecule has 0 aliphatic heterocycles. The predicted molar refractivity (Wildman–Crippen MR) is 77.8 cm³/mol. The number of aliphatic hydroxyl groups is 1. The second-order valence-electron chi connectivity index (χ2n) is 7.21. The molecular formula is C15H32N2O. The first-order valence-electron chi connectivity index (χ1n) is 7.32. The van der Waals surface area contributed by atoms with Crippen LogP contribution in [0.3, 0.4) is 0 Å². The Kier molecular flexibility index (Phi) is 5.63. The van der Waals surface area contributed by atoms with Crippen molar-refractivity contribution >= 4 is 0 Å². The smallest absolute Gasteiger partial charge is 0.0616 e. The van der Waals surface area contributed by atoms with E-state index >= 15 is 0 Å². The van der Waals surface area contributed by atoms with Gasteiger partial charge in [-0.3, -0.25) is 0 Å². The summed E-state index contributed by atoms with van der Waals surface area (Å²) < 4.78 is 0. The molecule has 0 bridgehead atoms. The molecule has 2 N–H and O–H groups in total. The van der Waals surface area contributed by atoms with Crippen molar-refractivity contribution in [3.8, 4) is 0 Å². The van der Waals surface area contributed by atoms with Gasteiger partial charge in [0.05, 0.1) is 6.61 Å². The standard InChI is InChI=1S/C15H32N2O/c1-14(2,3)13-8-6-7-9-15(13,12-18)16-10-11-17(4)5/h13,16,18H,6-12H2,1-5H3. The first kappa shape index (κ1) is 15.9. The lowest BCUT2D eigenvalue weighted by atomic mass is 9.62. The van der Waals surface area contributed by atoms with Gasteiger partial charge in [-0.25, -0.2) is 0 Å². The fourth-order valence-corrected chi connectivity index (χ4v) is 3.49. The lowest BCUT2D eigenvalue weighted by Gasteiger charge is -2.50. The average Bonchev–Trinajstić information content (AvgIpc) is 2.27. The molecule has 0 radical (unpaired) electrons. The highest BCUT2D eigenvalue weighted by atomic mass is 16.3. The Labute approximate surface area is 113 Å². The van der Waals surface area contributed by atoms with E-state index in [-0.39, 0.29) is 17.6 Å². The molecule has 108 valence electrons. The summed E-state index contributed by atoms with van der Waals surface area (Å²) in [5.74, 6) is 0.561. The predicted octanol–water partition coefficient (Wildman–Crippen LogP) is 2.10. The van der Waals surface area contributed by atoms with Gasteiger partial charge in [0.15, 0.2) is 0 Å². The minimum atomic E-state index is -0.0630. The molecule has 2 unspecified atom stereocenters. The Morgan fingerprint density at radius 1 is 1.28 bits per heavy atom. The molecule has 1 saturated carbocycles. The van der Waals surface area contributed by atoms with Crippen molar-refractivity contribution in [1.82, 2.24) is 10.2 Å². The topological polar surface area (TPSA) is 35.5 Å². The summed E-state index contributed by atoms with van der Waals surface area (Å²) >= 11 is 0. The lowest BCUT2D eigenvalue weighted by molar-refractivity contribution is 0.00716. The molecule has 3 nitrogen and oxygen atoms in total. The highest BCUT2D eigenvalue weighted by Gasteiger charge is 2.45. The van der Waals surface area contributed by atoms with Gasteiger partial charge >= 0.3 is 0 Å². The van der Waals surface area contributed by atoms with Gasteiger partial charge in [0.2, 0.25) is 0 Å². The lowest BCUT2D eigenvalue weighted by Crippen LogP contribution is -2.60. The molecule has 1 aliphatic carbocycles. The molecule has 1 fully saturated rings. The molecular weight excluding hydrogens is 224 g/mol. The van der Waals surface area contributed by atoms with Gasteiger partial charge in [0.25, 0.3) is 0 Å². The number of hydrogen-bond acceptors (Lipinski definition) is 3. The van der Waals surface area contributed by atoms with Crippen molar-refractivity contribution in [3.05, 3.63) is 0 Å². The van der Waals surface area contributed by atoms with Crippen LogP contribution in [0.15, 0.2) is 0 Å². The summed E-state index contributed by atoms with van der Waals surface area (Å²) in [6, 6.07) is 0. The molecule has 0 aromatic heterocycles. The third-order valence-corrected chi connectivity index (χ3v) is 4.40. The maximum Gasteiger partial charge on any atom is 0.0616 e. The van der Waals surface area contributed by atoms with E-state index in [0.29, 0.717) is 5.92 Å². The maximum absolute atomic E-state index is 9.96. The average molecular weight is 256 g/mol. The summed E-state index contributed by atoms with van der Waals surface area (Å²) in [6.45, 7) is 9.17. The summed E-state index contributed by atoms with van der Waals surface area (Å²) in [4.78, 5) is 2.19. The van der Waals surface area contributed by atoms with E-state index in [9.17, 15) is 5.11 Å². The Morgan fingerprint density at radius 2 is 1.94 bits per heavy atom. The van der Waals surface area contributed by atoms with Crippen LogP contribution in [0.5, 0.6) is 0 Å². The van der Waals surface area contributed by atoms with Crippen LogP contribution < -0.4 is 5.32 Å². The third kappa shape index (κ3) is 3.94. The van der Waals surface area contributed by atoms with Crippen LogP contribution in [-0.2, 0) is 0 Å². The molecule has 1 rings (SSSR count). The van der Waals surface area contributed by atoms with Crippen molar-refractivity contribution in [1.29, 1.82) is 0 Å². The van der Waals surface area contributed by atoms with Crippen LogP contribution in [0.4, 0.5) is 0 Å². The van der Waals surface area contributed by atoms with Gasteiger partial charge in [0, 0.05) is 18.6 Å². The van der Waals surface area contributed by atoms with Crippen LogP contribution in [0.2, 0.25) is 0 Å². The minimum absolute atomic E-state index is 0.0630. The van der Waals surface area contributed by atoms with Crippen molar-refractivity contribution in [3.63, 3.8) is 0 Å². The fraction of sp³-hybridized carbons (Fsp3) is 1.00. The van der Waals surface area contributed by atoms with E-state index in [1.165, 1.54) is 19.3 Å². The summed E-state index contributed by atoms with van der Waals surface area (Å²) in [7, 11) is 4.19. The molecule has 0 saturated heterocycles. The SMILES string of the molecule is CN(C)CCNC1(CO)CCCCC1C(C)(C)C. The van der Waals surface area contributed by atoms with Crippen LogP contribution >= 0.6 is 0 Å². The first-order valence-corrected chi connectivity index (χ1v) is 7.32. The van der Waals surface area contributed by atoms with Crippen molar-refractivity contribution in [2.45, 2.75) is 52.0 Å². The van der Waals surface area contributed by atoms with Crippen LogP contribution in [-0.4, -0.2) is 49.3 Å². The normalized spacial score (nSPS) is 29.8. The number of aliphatic hydroxyl groups excluding tert-OH is 1. The molecule has 1 aliphatic rings. The van der Waals surface area contributed by atoms with Gasteiger partial charge in [-0.05, 0) is 38.3 Å². The highest BCUT2D eigenvalue weighted by molar-refractivity contribution is 5.01. The molecule has 0 spiro atoms. The molecule has 0 heterocycles. The number of rotatable bonds is 5. The van der Waals surface area contributed by atoms with Gasteiger partial charge < -0.3 is 15.3 Å². The number of likely N-dealkylation sites (N-methyl/N-ethyl adjacent to an activating group) is 1. The van der Waals surface area contributed by atoms with Crippen molar-refractivity contribution in [2.75, 3.05) is 33.8 Å². The largest absolute Gasteiger partial charge is 0.394 e. The molecule has 0 amide bonds. The Hall–Kier alpha value is -0.120. The van der Waals surface area contributed by atoms with Gasteiger partial charge in [-0.15, -0.1) is 0 Å². The Balaban J connectivity index is 2.73. The van der Waals surface area contributed by atoms with Crippen LogP contribution in [0.25, 0.3) is 0 Å². The van der Waals surface area contributed by atoms with E-state index in [0.717, 1.165) is 19.5 Å². The molecule has 2 atom stereocenters. The second-order valence-corrected chi connectivity index (χ2v) is 7.21. The number of hydrogen-bond donors (Lipinski definition) is 2. The summed E-state index contributed by atoms with van der Waals surface area (Å²) in [5, 5.41) is 13.6. The molecule has 18 heavy (non-hydrogen) atoms. The summed E-state index contributed by atoms with van der Waals surface area (Å²) in [5.41, 5.74) is 0.195. The van der Waals surface area contributed by atoms with Gasteiger partial charge in [0.1, 0.15) is 0 Å². The van der Waals surface area contributed by atoms with Gasteiger partial charge in [-0.2, -0.15) is 0 Å². The third-order valence-electron chi connectivity index (χ3n) is 4.40. The van der Waals surface area contributed by atoms with Crippen LogP contribution in [0.1, 0.15) is 46.5 Å². The zero-order chi connectivity index (χ0) is 13.8. The quantitative estimate of drug-likeness (QED) is 0.791. The van der Waals surface area contributed by atoms with E-state index in [1.807, 2.05) is 0 Å².